The third-order valence-electron chi connectivity index (χ3n) is 4.95. The summed E-state index contributed by atoms with van der Waals surface area (Å²) in [4.78, 5) is 4.27. The average Bonchev–Trinajstić information content (AvgIpc) is 2.98. The standard InChI is InChI=1S/C15H25N3O/c1-12-16-8-10-18(12)9-6-13-3-2-7-15(13,11-19)17-14-4-5-14/h8,10,13-14,17,19H,2-7,9,11H2,1H3. The molecule has 2 fully saturated rings. The van der Waals surface area contributed by atoms with E-state index in [0.29, 0.717) is 12.0 Å². The molecule has 106 valence electrons. The molecule has 2 N–H and O–H groups in total. The summed E-state index contributed by atoms with van der Waals surface area (Å²) >= 11 is 0. The lowest BCUT2D eigenvalue weighted by molar-refractivity contribution is 0.115. The highest BCUT2D eigenvalue weighted by molar-refractivity contribution is 5.03. The Kier molecular flexibility index (Phi) is 3.63. The molecule has 2 aliphatic rings. The zero-order chi connectivity index (χ0) is 13.3. The van der Waals surface area contributed by atoms with E-state index in [-0.39, 0.29) is 12.1 Å². The molecule has 2 saturated carbocycles. The number of hydrogen-bond acceptors (Lipinski definition) is 3. The number of hydrogen-bond donors (Lipinski definition) is 2. The number of aromatic nitrogens is 2. The van der Waals surface area contributed by atoms with Crippen LogP contribution in [0.1, 0.15) is 44.3 Å². The summed E-state index contributed by atoms with van der Waals surface area (Å²) in [7, 11) is 0. The van der Waals surface area contributed by atoms with Crippen LogP contribution in [0, 0.1) is 12.8 Å². The van der Waals surface area contributed by atoms with Crippen LogP contribution in [-0.4, -0.2) is 32.8 Å². The Morgan fingerprint density at radius 3 is 2.95 bits per heavy atom. The first-order valence-corrected chi connectivity index (χ1v) is 7.60. The van der Waals surface area contributed by atoms with Gasteiger partial charge in [-0.2, -0.15) is 0 Å². The van der Waals surface area contributed by atoms with Crippen molar-refractivity contribution in [3.05, 3.63) is 18.2 Å². The molecule has 3 rings (SSSR count). The molecule has 0 aliphatic heterocycles. The van der Waals surface area contributed by atoms with Crippen LogP contribution >= 0.6 is 0 Å². The minimum Gasteiger partial charge on any atom is -0.394 e. The molecule has 0 radical (unpaired) electrons. The Labute approximate surface area is 115 Å². The fourth-order valence-electron chi connectivity index (χ4n) is 3.58. The van der Waals surface area contributed by atoms with E-state index in [2.05, 4.69) is 28.0 Å². The summed E-state index contributed by atoms with van der Waals surface area (Å²) < 4.78 is 2.22. The lowest BCUT2D eigenvalue weighted by Gasteiger charge is -2.35. The molecule has 1 heterocycles. The summed E-state index contributed by atoms with van der Waals surface area (Å²) in [5.41, 5.74) is -0.00431. The quantitative estimate of drug-likeness (QED) is 0.823. The van der Waals surface area contributed by atoms with Gasteiger partial charge in [0.25, 0.3) is 0 Å². The van der Waals surface area contributed by atoms with Crippen molar-refractivity contribution < 1.29 is 5.11 Å². The maximum Gasteiger partial charge on any atom is 0.105 e. The molecule has 0 aromatic carbocycles. The predicted octanol–water partition coefficient (Wildman–Crippen LogP) is 1.86. The smallest absolute Gasteiger partial charge is 0.105 e. The molecule has 1 aromatic rings. The molecule has 19 heavy (non-hydrogen) atoms. The van der Waals surface area contributed by atoms with Crippen LogP contribution in [0.2, 0.25) is 0 Å². The van der Waals surface area contributed by atoms with E-state index in [0.717, 1.165) is 25.2 Å². The van der Waals surface area contributed by atoms with Gasteiger partial charge in [-0.25, -0.2) is 4.98 Å². The molecule has 0 amide bonds. The van der Waals surface area contributed by atoms with Crippen molar-refractivity contribution in [2.45, 2.75) is 63.6 Å². The van der Waals surface area contributed by atoms with Gasteiger partial charge >= 0.3 is 0 Å². The molecule has 1 aromatic heterocycles. The van der Waals surface area contributed by atoms with Gasteiger partial charge in [-0.05, 0) is 44.9 Å². The normalized spacial score (nSPS) is 30.9. The molecule has 2 unspecified atom stereocenters. The second-order valence-corrected chi connectivity index (χ2v) is 6.28. The van der Waals surface area contributed by atoms with E-state index in [1.54, 1.807) is 0 Å². The molecule has 4 heteroatoms. The maximum atomic E-state index is 9.89. The Bertz CT molecular complexity index is 427. The van der Waals surface area contributed by atoms with Crippen LogP contribution in [0.5, 0.6) is 0 Å². The van der Waals surface area contributed by atoms with Crippen LogP contribution in [-0.2, 0) is 6.54 Å². The van der Waals surface area contributed by atoms with Crippen molar-refractivity contribution in [2.75, 3.05) is 6.61 Å². The second-order valence-electron chi connectivity index (χ2n) is 6.28. The highest BCUT2D eigenvalue weighted by Gasteiger charge is 2.44. The summed E-state index contributed by atoms with van der Waals surface area (Å²) in [5.74, 6) is 1.68. The Hall–Kier alpha value is -0.870. The van der Waals surface area contributed by atoms with Crippen LogP contribution in [0.4, 0.5) is 0 Å². The van der Waals surface area contributed by atoms with Crippen molar-refractivity contribution in [3.8, 4) is 0 Å². The fourth-order valence-corrected chi connectivity index (χ4v) is 3.58. The molecule has 4 nitrogen and oxygen atoms in total. The van der Waals surface area contributed by atoms with Crippen molar-refractivity contribution >= 4 is 0 Å². The Morgan fingerprint density at radius 2 is 2.32 bits per heavy atom. The van der Waals surface area contributed by atoms with E-state index < -0.39 is 0 Å². The highest BCUT2D eigenvalue weighted by atomic mass is 16.3. The van der Waals surface area contributed by atoms with Gasteiger partial charge in [0.2, 0.25) is 0 Å². The van der Waals surface area contributed by atoms with Gasteiger partial charge in [-0.3, -0.25) is 0 Å². The monoisotopic (exact) mass is 263 g/mol. The van der Waals surface area contributed by atoms with Gasteiger partial charge < -0.3 is 15.0 Å². The minimum atomic E-state index is -0.00431. The van der Waals surface area contributed by atoms with E-state index in [9.17, 15) is 5.11 Å². The molecule has 0 bridgehead atoms. The predicted molar refractivity (Wildman–Crippen MR) is 74.9 cm³/mol. The largest absolute Gasteiger partial charge is 0.394 e. The van der Waals surface area contributed by atoms with Gasteiger partial charge in [0, 0.05) is 30.5 Å². The zero-order valence-corrected chi connectivity index (χ0v) is 11.8. The van der Waals surface area contributed by atoms with Crippen LogP contribution in [0.25, 0.3) is 0 Å². The number of rotatable bonds is 6. The number of nitrogens with zero attached hydrogens (tertiary/aromatic N) is 2. The van der Waals surface area contributed by atoms with Gasteiger partial charge in [0.1, 0.15) is 5.82 Å². The third kappa shape index (κ3) is 2.70. The van der Waals surface area contributed by atoms with Gasteiger partial charge in [-0.15, -0.1) is 0 Å². The number of aryl methyl sites for hydroxylation is 2. The van der Waals surface area contributed by atoms with Gasteiger partial charge in [0.15, 0.2) is 0 Å². The number of aliphatic hydroxyl groups excluding tert-OH is 1. The SMILES string of the molecule is Cc1nccn1CCC1CCCC1(CO)NC1CC1. The van der Waals surface area contributed by atoms with Crippen LogP contribution < -0.4 is 5.32 Å². The molecule has 2 atom stereocenters. The highest BCUT2D eigenvalue weighted by Crippen LogP contribution is 2.40. The first kappa shape index (κ1) is 13.1. The van der Waals surface area contributed by atoms with Crippen molar-refractivity contribution in [1.82, 2.24) is 14.9 Å². The summed E-state index contributed by atoms with van der Waals surface area (Å²) in [6.45, 7) is 3.36. The molecular formula is C15H25N3O. The first-order chi connectivity index (χ1) is 9.23. The third-order valence-corrected chi connectivity index (χ3v) is 4.95. The number of aliphatic hydroxyl groups is 1. The van der Waals surface area contributed by atoms with Crippen LogP contribution in [0.3, 0.4) is 0 Å². The lowest BCUT2D eigenvalue weighted by atomic mass is 9.85. The van der Waals surface area contributed by atoms with E-state index in [4.69, 9.17) is 0 Å². The van der Waals surface area contributed by atoms with Crippen LogP contribution in [0.15, 0.2) is 12.4 Å². The molecule has 2 aliphatic carbocycles. The summed E-state index contributed by atoms with van der Waals surface area (Å²) in [5, 5.41) is 13.6. The topological polar surface area (TPSA) is 50.1 Å². The number of nitrogens with one attached hydrogen (secondary N) is 1. The maximum absolute atomic E-state index is 9.89. The minimum absolute atomic E-state index is 0.00431. The van der Waals surface area contributed by atoms with E-state index in [1.807, 2.05) is 6.20 Å². The summed E-state index contributed by atoms with van der Waals surface area (Å²) in [6.07, 6.45) is 11.3. The Morgan fingerprint density at radius 1 is 1.47 bits per heavy atom. The summed E-state index contributed by atoms with van der Waals surface area (Å²) in [6, 6.07) is 0.669. The van der Waals surface area contributed by atoms with Crippen molar-refractivity contribution in [1.29, 1.82) is 0 Å². The van der Waals surface area contributed by atoms with Crippen molar-refractivity contribution in [3.63, 3.8) is 0 Å². The molecule has 0 spiro atoms. The lowest BCUT2D eigenvalue weighted by Crippen LogP contribution is -2.52. The van der Waals surface area contributed by atoms with Crippen molar-refractivity contribution in [2.24, 2.45) is 5.92 Å². The van der Waals surface area contributed by atoms with Gasteiger partial charge in [-0.1, -0.05) is 6.42 Å². The second kappa shape index (κ2) is 5.25. The zero-order valence-electron chi connectivity index (χ0n) is 11.8. The number of imidazole rings is 1. The molecule has 0 saturated heterocycles. The van der Waals surface area contributed by atoms with E-state index >= 15 is 0 Å². The van der Waals surface area contributed by atoms with Gasteiger partial charge in [0.05, 0.1) is 6.61 Å². The average molecular weight is 263 g/mol. The molecular weight excluding hydrogens is 238 g/mol. The first-order valence-electron chi connectivity index (χ1n) is 7.60. The van der Waals surface area contributed by atoms with E-state index in [1.165, 1.54) is 25.7 Å². The Balaban J connectivity index is 1.63. The fraction of sp³-hybridized carbons (Fsp3) is 0.800.